The number of sulfonamides is 1. The van der Waals surface area contributed by atoms with E-state index in [0.717, 1.165) is 12.0 Å². The number of carbonyl (C=O) groups excluding carboxylic acids is 1. The average Bonchev–Trinajstić information content (AvgIpc) is 2.28. The standard InChI is InChI=1S/C11H17N3O3S/c1-2-8-3-4-9(7-10(8)12)18(16,17)14-6-5-11(13)15/h3-4,7,14H,2,5-6,12H2,1H3,(H2,13,15). The van der Waals surface area contributed by atoms with Gasteiger partial charge in [0.25, 0.3) is 0 Å². The van der Waals surface area contributed by atoms with Crippen LogP contribution >= 0.6 is 0 Å². The molecule has 1 rings (SSSR count). The Morgan fingerprint density at radius 1 is 1.39 bits per heavy atom. The second-order valence-corrected chi connectivity index (χ2v) is 5.60. The SMILES string of the molecule is CCc1ccc(S(=O)(=O)NCCC(N)=O)cc1N. The largest absolute Gasteiger partial charge is 0.398 e. The van der Waals surface area contributed by atoms with Gasteiger partial charge in [0.2, 0.25) is 15.9 Å². The van der Waals surface area contributed by atoms with E-state index in [-0.39, 0.29) is 17.9 Å². The van der Waals surface area contributed by atoms with Gasteiger partial charge in [0.15, 0.2) is 0 Å². The molecule has 0 atom stereocenters. The zero-order valence-electron chi connectivity index (χ0n) is 10.1. The Hall–Kier alpha value is -1.60. The predicted molar refractivity (Wildman–Crippen MR) is 69.2 cm³/mol. The van der Waals surface area contributed by atoms with Crippen LogP contribution in [-0.4, -0.2) is 20.9 Å². The quantitative estimate of drug-likeness (QED) is 0.631. The van der Waals surface area contributed by atoms with Crippen molar-refractivity contribution < 1.29 is 13.2 Å². The summed E-state index contributed by atoms with van der Waals surface area (Å²) in [6.45, 7) is 1.91. The molecule has 0 saturated carbocycles. The highest BCUT2D eigenvalue weighted by Gasteiger charge is 2.14. The Kier molecular flexibility index (Phi) is 4.69. The Morgan fingerprint density at radius 2 is 2.06 bits per heavy atom. The molecule has 0 heterocycles. The summed E-state index contributed by atoms with van der Waals surface area (Å²) in [4.78, 5) is 10.6. The molecule has 0 aliphatic carbocycles. The van der Waals surface area contributed by atoms with Gasteiger partial charge in [0, 0.05) is 18.7 Å². The fourth-order valence-corrected chi connectivity index (χ4v) is 2.52. The third-order valence-corrected chi connectivity index (χ3v) is 3.93. The van der Waals surface area contributed by atoms with Crippen molar-refractivity contribution in [2.75, 3.05) is 12.3 Å². The average molecular weight is 271 g/mol. The number of anilines is 1. The summed E-state index contributed by atoms with van der Waals surface area (Å²) in [6.07, 6.45) is 0.697. The monoisotopic (exact) mass is 271 g/mol. The summed E-state index contributed by atoms with van der Waals surface area (Å²) < 4.78 is 26.0. The third-order valence-electron chi connectivity index (χ3n) is 2.47. The van der Waals surface area contributed by atoms with Crippen LogP contribution in [0.1, 0.15) is 18.9 Å². The number of benzene rings is 1. The molecule has 1 amide bonds. The van der Waals surface area contributed by atoms with Crippen molar-refractivity contribution in [3.05, 3.63) is 23.8 Å². The lowest BCUT2D eigenvalue weighted by atomic mass is 10.1. The molecule has 0 aliphatic rings. The minimum atomic E-state index is -3.64. The van der Waals surface area contributed by atoms with Crippen molar-refractivity contribution in [2.24, 2.45) is 5.73 Å². The number of hydrogen-bond acceptors (Lipinski definition) is 4. The first-order valence-electron chi connectivity index (χ1n) is 5.53. The number of rotatable bonds is 6. The number of amides is 1. The third kappa shape index (κ3) is 3.71. The van der Waals surface area contributed by atoms with Gasteiger partial charge in [-0.2, -0.15) is 0 Å². The lowest BCUT2D eigenvalue weighted by molar-refractivity contribution is -0.117. The van der Waals surface area contributed by atoms with Crippen LogP contribution in [0.3, 0.4) is 0 Å². The van der Waals surface area contributed by atoms with Crippen molar-refractivity contribution in [2.45, 2.75) is 24.7 Å². The molecule has 5 N–H and O–H groups in total. The Labute approximate surface area is 106 Å². The fourth-order valence-electron chi connectivity index (χ4n) is 1.45. The zero-order chi connectivity index (χ0) is 13.8. The van der Waals surface area contributed by atoms with E-state index >= 15 is 0 Å². The maximum absolute atomic E-state index is 11.8. The van der Waals surface area contributed by atoms with E-state index in [1.807, 2.05) is 6.92 Å². The van der Waals surface area contributed by atoms with Gasteiger partial charge in [-0.3, -0.25) is 4.79 Å². The van der Waals surface area contributed by atoms with E-state index in [4.69, 9.17) is 11.5 Å². The summed E-state index contributed by atoms with van der Waals surface area (Å²) in [7, 11) is -3.64. The Balaban J connectivity index is 2.85. The maximum Gasteiger partial charge on any atom is 0.240 e. The van der Waals surface area contributed by atoms with E-state index < -0.39 is 15.9 Å². The summed E-state index contributed by atoms with van der Waals surface area (Å²) >= 11 is 0. The normalized spacial score (nSPS) is 11.4. The van der Waals surface area contributed by atoms with Crippen LogP contribution in [0.5, 0.6) is 0 Å². The molecule has 0 aliphatic heterocycles. The predicted octanol–water partition coefficient (Wildman–Crippen LogP) is -0.0151. The van der Waals surface area contributed by atoms with Crippen LogP contribution in [0.2, 0.25) is 0 Å². The lowest BCUT2D eigenvalue weighted by Crippen LogP contribution is -2.28. The number of carbonyl (C=O) groups is 1. The van der Waals surface area contributed by atoms with Crippen LogP contribution in [0, 0.1) is 0 Å². The summed E-state index contributed by atoms with van der Waals surface area (Å²) in [5.74, 6) is -0.557. The first-order valence-corrected chi connectivity index (χ1v) is 7.01. The second-order valence-electron chi connectivity index (χ2n) is 3.83. The van der Waals surface area contributed by atoms with Crippen molar-refractivity contribution in [1.29, 1.82) is 0 Å². The van der Waals surface area contributed by atoms with E-state index in [2.05, 4.69) is 4.72 Å². The Morgan fingerprint density at radius 3 is 2.56 bits per heavy atom. The minimum absolute atomic E-state index is 0.0207. The highest BCUT2D eigenvalue weighted by molar-refractivity contribution is 7.89. The molecular weight excluding hydrogens is 254 g/mol. The molecule has 0 aromatic heterocycles. The molecule has 0 bridgehead atoms. The molecular formula is C11H17N3O3S. The van der Waals surface area contributed by atoms with E-state index in [1.165, 1.54) is 12.1 Å². The zero-order valence-corrected chi connectivity index (χ0v) is 11.0. The molecule has 6 nitrogen and oxygen atoms in total. The molecule has 0 saturated heterocycles. The van der Waals surface area contributed by atoms with Crippen molar-refractivity contribution in [3.63, 3.8) is 0 Å². The molecule has 0 spiro atoms. The number of hydrogen-bond donors (Lipinski definition) is 3. The van der Waals surface area contributed by atoms with E-state index in [1.54, 1.807) is 6.07 Å². The maximum atomic E-state index is 11.8. The van der Waals surface area contributed by atoms with Crippen LogP contribution in [0.4, 0.5) is 5.69 Å². The van der Waals surface area contributed by atoms with Crippen molar-refractivity contribution in [3.8, 4) is 0 Å². The highest BCUT2D eigenvalue weighted by atomic mass is 32.2. The number of nitrogen functional groups attached to an aromatic ring is 1. The van der Waals surface area contributed by atoms with Crippen LogP contribution in [-0.2, 0) is 21.2 Å². The van der Waals surface area contributed by atoms with Gasteiger partial charge >= 0.3 is 0 Å². The second kappa shape index (κ2) is 5.83. The molecule has 0 unspecified atom stereocenters. The first-order chi connectivity index (χ1) is 8.36. The summed E-state index contributed by atoms with van der Waals surface area (Å²) in [6, 6.07) is 4.57. The van der Waals surface area contributed by atoms with E-state index in [9.17, 15) is 13.2 Å². The van der Waals surface area contributed by atoms with Gasteiger partial charge in [-0.05, 0) is 24.1 Å². The van der Waals surface area contributed by atoms with Crippen LogP contribution in [0.15, 0.2) is 23.1 Å². The highest BCUT2D eigenvalue weighted by Crippen LogP contribution is 2.18. The van der Waals surface area contributed by atoms with Crippen LogP contribution < -0.4 is 16.2 Å². The smallest absolute Gasteiger partial charge is 0.240 e. The first kappa shape index (κ1) is 14.5. The Bertz CT molecular complexity index is 540. The van der Waals surface area contributed by atoms with Gasteiger partial charge in [0.1, 0.15) is 0 Å². The molecule has 0 fully saturated rings. The molecule has 1 aromatic rings. The number of aryl methyl sites for hydroxylation is 1. The number of nitrogens with one attached hydrogen (secondary N) is 1. The van der Waals surface area contributed by atoms with Gasteiger partial charge in [-0.25, -0.2) is 13.1 Å². The lowest BCUT2D eigenvalue weighted by Gasteiger charge is -2.08. The molecule has 1 aromatic carbocycles. The minimum Gasteiger partial charge on any atom is -0.398 e. The number of primary amides is 1. The van der Waals surface area contributed by atoms with Gasteiger partial charge in [0.05, 0.1) is 4.90 Å². The summed E-state index contributed by atoms with van der Waals surface area (Å²) in [5, 5.41) is 0. The van der Waals surface area contributed by atoms with Gasteiger partial charge in [-0.1, -0.05) is 13.0 Å². The number of nitrogens with two attached hydrogens (primary N) is 2. The van der Waals surface area contributed by atoms with Crippen molar-refractivity contribution in [1.82, 2.24) is 4.72 Å². The molecule has 7 heteroatoms. The van der Waals surface area contributed by atoms with Gasteiger partial charge in [-0.15, -0.1) is 0 Å². The van der Waals surface area contributed by atoms with Gasteiger partial charge < -0.3 is 11.5 Å². The molecule has 100 valence electrons. The molecule has 18 heavy (non-hydrogen) atoms. The molecule has 0 radical (unpaired) electrons. The van der Waals surface area contributed by atoms with E-state index in [0.29, 0.717) is 5.69 Å². The van der Waals surface area contributed by atoms with Crippen molar-refractivity contribution >= 4 is 21.6 Å². The summed E-state index contributed by atoms with van der Waals surface area (Å²) in [5.41, 5.74) is 12.0. The van der Waals surface area contributed by atoms with Crippen LogP contribution in [0.25, 0.3) is 0 Å². The topological polar surface area (TPSA) is 115 Å². The fraction of sp³-hybridized carbons (Fsp3) is 0.364.